The molecule has 0 bridgehead atoms. The first kappa shape index (κ1) is 10.8. The Kier molecular flexibility index (Phi) is 3.29. The molecule has 3 nitrogen and oxygen atoms in total. The van der Waals surface area contributed by atoms with Gasteiger partial charge in [-0.15, -0.1) is 0 Å². The van der Waals surface area contributed by atoms with Crippen LogP contribution in [0.15, 0.2) is 6.20 Å². The third-order valence-electron chi connectivity index (χ3n) is 1.74. The molecule has 0 aromatic carbocycles. The van der Waals surface area contributed by atoms with Gasteiger partial charge in [0.15, 0.2) is 0 Å². The summed E-state index contributed by atoms with van der Waals surface area (Å²) in [7, 11) is 1.23. The second-order valence-electron chi connectivity index (χ2n) is 2.47. The average Bonchev–Trinajstić information content (AvgIpc) is 2.16. The van der Waals surface area contributed by atoms with E-state index in [9.17, 15) is 13.2 Å². The van der Waals surface area contributed by atoms with E-state index in [1.54, 1.807) is 0 Å². The summed E-state index contributed by atoms with van der Waals surface area (Å²) in [4.78, 5) is 3.10. The van der Waals surface area contributed by atoms with Crippen LogP contribution in [0.2, 0.25) is 0 Å². The molecule has 0 saturated carbocycles. The number of methoxy groups -OCH3 is 1. The Bertz CT molecular complexity index is 331. The molecular formula is C8H8F3NO2. The SMILES string of the molecule is COc1cnc(F)c(C(F)F)c1CO. The molecule has 0 aliphatic rings. The highest BCUT2D eigenvalue weighted by atomic mass is 19.3. The van der Waals surface area contributed by atoms with Crippen molar-refractivity contribution in [1.29, 1.82) is 0 Å². The van der Waals surface area contributed by atoms with Gasteiger partial charge in [-0.25, -0.2) is 13.8 Å². The van der Waals surface area contributed by atoms with Crippen molar-refractivity contribution >= 4 is 0 Å². The highest BCUT2D eigenvalue weighted by Gasteiger charge is 2.22. The lowest BCUT2D eigenvalue weighted by atomic mass is 10.1. The number of aliphatic hydroxyl groups is 1. The molecule has 78 valence electrons. The van der Waals surface area contributed by atoms with Crippen LogP contribution in [0.5, 0.6) is 5.75 Å². The molecule has 0 aliphatic carbocycles. The van der Waals surface area contributed by atoms with Crippen LogP contribution in [-0.4, -0.2) is 17.2 Å². The zero-order valence-electron chi connectivity index (χ0n) is 7.30. The monoisotopic (exact) mass is 207 g/mol. The molecule has 0 radical (unpaired) electrons. The molecule has 1 N–H and O–H groups in total. The molecule has 0 saturated heterocycles. The van der Waals surface area contributed by atoms with Crippen molar-refractivity contribution in [2.75, 3.05) is 7.11 Å². The van der Waals surface area contributed by atoms with E-state index in [-0.39, 0.29) is 11.3 Å². The lowest BCUT2D eigenvalue weighted by Crippen LogP contribution is -2.04. The fourth-order valence-corrected chi connectivity index (χ4v) is 1.08. The van der Waals surface area contributed by atoms with Crippen LogP contribution in [0.3, 0.4) is 0 Å². The summed E-state index contributed by atoms with van der Waals surface area (Å²) in [6.45, 7) is -0.720. The van der Waals surface area contributed by atoms with E-state index in [4.69, 9.17) is 5.11 Å². The van der Waals surface area contributed by atoms with Crippen LogP contribution in [-0.2, 0) is 6.61 Å². The third-order valence-corrected chi connectivity index (χ3v) is 1.74. The Morgan fingerprint density at radius 3 is 2.64 bits per heavy atom. The van der Waals surface area contributed by atoms with Gasteiger partial charge in [-0.3, -0.25) is 0 Å². The van der Waals surface area contributed by atoms with Crippen LogP contribution in [0, 0.1) is 5.95 Å². The second-order valence-corrected chi connectivity index (χ2v) is 2.47. The topological polar surface area (TPSA) is 42.4 Å². The summed E-state index contributed by atoms with van der Waals surface area (Å²) in [6.07, 6.45) is -2.08. The molecule has 1 rings (SSSR count). The van der Waals surface area contributed by atoms with Gasteiger partial charge in [0, 0.05) is 5.56 Å². The number of aromatic nitrogens is 1. The van der Waals surface area contributed by atoms with Crippen molar-refractivity contribution in [3.63, 3.8) is 0 Å². The molecule has 0 aliphatic heterocycles. The van der Waals surface area contributed by atoms with Gasteiger partial charge in [0.25, 0.3) is 6.43 Å². The van der Waals surface area contributed by atoms with E-state index in [1.807, 2.05) is 0 Å². The number of hydrogen-bond acceptors (Lipinski definition) is 3. The van der Waals surface area contributed by atoms with Gasteiger partial charge in [0.05, 0.1) is 25.5 Å². The second kappa shape index (κ2) is 4.28. The molecule has 6 heteroatoms. The summed E-state index contributed by atoms with van der Waals surface area (Å²) >= 11 is 0. The first-order valence-electron chi connectivity index (χ1n) is 3.72. The van der Waals surface area contributed by atoms with E-state index in [1.165, 1.54) is 7.11 Å². The molecule has 14 heavy (non-hydrogen) atoms. The lowest BCUT2D eigenvalue weighted by molar-refractivity contribution is 0.139. The maximum atomic E-state index is 12.8. The van der Waals surface area contributed by atoms with Crippen molar-refractivity contribution in [3.05, 3.63) is 23.3 Å². The van der Waals surface area contributed by atoms with Gasteiger partial charge in [-0.1, -0.05) is 0 Å². The zero-order valence-corrected chi connectivity index (χ0v) is 7.30. The van der Waals surface area contributed by atoms with E-state index < -0.39 is 24.5 Å². The normalized spacial score (nSPS) is 10.7. The van der Waals surface area contributed by atoms with Gasteiger partial charge in [-0.05, 0) is 0 Å². The highest BCUT2D eigenvalue weighted by Crippen LogP contribution is 2.30. The van der Waals surface area contributed by atoms with Gasteiger partial charge < -0.3 is 9.84 Å². The minimum absolute atomic E-state index is 0.0517. The number of nitrogens with zero attached hydrogens (tertiary/aromatic N) is 1. The van der Waals surface area contributed by atoms with E-state index in [0.29, 0.717) is 0 Å². The number of alkyl halides is 2. The Hall–Kier alpha value is -1.30. The summed E-state index contributed by atoms with van der Waals surface area (Å²) in [5, 5.41) is 8.80. The summed E-state index contributed by atoms with van der Waals surface area (Å²) in [5.41, 5.74) is -1.18. The predicted octanol–water partition coefficient (Wildman–Crippen LogP) is 1.66. The molecule has 0 unspecified atom stereocenters. The fraction of sp³-hybridized carbons (Fsp3) is 0.375. The van der Waals surface area contributed by atoms with Crippen LogP contribution >= 0.6 is 0 Å². The number of hydrogen-bond donors (Lipinski definition) is 1. The highest BCUT2D eigenvalue weighted by molar-refractivity contribution is 5.37. The standard InChI is InChI=1S/C8H8F3NO2/c1-14-5-2-12-8(11)6(7(9)10)4(5)3-13/h2,7,13H,3H2,1H3. The molecule has 1 heterocycles. The summed E-state index contributed by atoms with van der Waals surface area (Å²) < 4.78 is 42.2. The summed E-state index contributed by atoms with van der Waals surface area (Å²) in [6, 6.07) is 0. The lowest BCUT2D eigenvalue weighted by Gasteiger charge is -2.10. The van der Waals surface area contributed by atoms with Crippen molar-refractivity contribution in [2.45, 2.75) is 13.0 Å². The number of pyridine rings is 1. The first-order chi connectivity index (χ1) is 6.61. The van der Waals surface area contributed by atoms with Crippen molar-refractivity contribution < 1.29 is 23.0 Å². The van der Waals surface area contributed by atoms with Crippen LogP contribution in [0.1, 0.15) is 17.6 Å². The third kappa shape index (κ3) is 1.79. The Morgan fingerprint density at radius 2 is 2.21 bits per heavy atom. The van der Waals surface area contributed by atoms with Crippen LogP contribution in [0.4, 0.5) is 13.2 Å². The Balaban J connectivity index is 3.35. The van der Waals surface area contributed by atoms with Crippen LogP contribution < -0.4 is 4.74 Å². The molecule has 1 aromatic heterocycles. The molecule has 0 atom stereocenters. The smallest absolute Gasteiger partial charge is 0.268 e. The maximum Gasteiger partial charge on any atom is 0.268 e. The fourth-order valence-electron chi connectivity index (χ4n) is 1.08. The van der Waals surface area contributed by atoms with E-state index in [2.05, 4.69) is 9.72 Å². The zero-order chi connectivity index (χ0) is 10.7. The minimum atomic E-state index is -3.03. The summed E-state index contributed by atoms with van der Waals surface area (Å²) in [5.74, 6) is -1.34. The number of ether oxygens (including phenoxy) is 1. The van der Waals surface area contributed by atoms with Gasteiger partial charge >= 0.3 is 0 Å². The van der Waals surface area contributed by atoms with Crippen molar-refractivity contribution in [1.82, 2.24) is 4.98 Å². The minimum Gasteiger partial charge on any atom is -0.495 e. The first-order valence-corrected chi connectivity index (χ1v) is 3.72. The van der Waals surface area contributed by atoms with Crippen molar-refractivity contribution in [3.8, 4) is 5.75 Å². The van der Waals surface area contributed by atoms with Gasteiger partial charge in [-0.2, -0.15) is 4.39 Å². The van der Waals surface area contributed by atoms with Gasteiger partial charge in [0.2, 0.25) is 5.95 Å². The number of aliphatic hydroxyl groups excluding tert-OH is 1. The molecule has 0 spiro atoms. The van der Waals surface area contributed by atoms with Crippen LogP contribution in [0.25, 0.3) is 0 Å². The number of halogens is 3. The van der Waals surface area contributed by atoms with Gasteiger partial charge in [0.1, 0.15) is 5.75 Å². The molecule has 0 amide bonds. The molecule has 0 fully saturated rings. The number of rotatable bonds is 3. The van der Waals surface area contributed by atoms with Crippen molar-refractivity contribution in [2.24, 2.45) is 0 Å². The largest absolute Gasteiger partial charge is 0.495 e. The Morgan fingerprint density at radius 1 is 1.57 bits per heavy atom. The Labute approximate surface area is 78.2 Å². The van der Waals surface area contributed by atoms with E-state index >= 15 is 0 Å². The predicted molar refractivity (Wildman–Crippen MR) is 41.6 cm³/mol. The van der Waals surface area contributed by atoms with E-state index in [0.717, 1.165) is 6.20 Å². The molecule has 1 aromatic rings. The maximum absolute atomic E-state index is 12.8. The average molecular weight is 207 g/mol. The quantitative estimate of drug-likeness (QED) is 0.766. The molecular weight excluding hydrogens is 199 g/mol.